The second kappa shape index (κ2) is 4.84. The number of nitrogen functional groups attached to an aromatic ring is 1. The van der Waals surface area contributed by atoms with Gasteiger partial charge in [0.2, 0.25) is 11.1 Å². The molecule has 0 spiro atoms. The number of fused-ring (bicyclic) bond motifs is 2. The Morgan fingerprint density at radius 2 is 2.00 bits per heavy atom. The summed E-state index contributed by atoms with van der Waals surface area (Å²) in [5.74, 6) is -1.46. The molecule has 2 aromatic heterocycles. The second-order valence-electron chi connectivity index (χ2n) is 5.94. The monoisotopic (exact) mass is 308 g/mol. The van der Waals surface area contributed by atoms with Crippen molar-refractivity contribution in [3.8, 4) is 0 Å². The zero-order valence-electron chi connectivity index (χ0n) is 12.6. The van der Waals surface area contributed by atoms with Gasteiger partial charge in [-0.05, 0) is 23.5 Å². The molecule has 0 atom stereocenters. The van der Waals surface area contributed by atoms with E-state index in [1.54, 1.807) is 18.2 Å². The van der Waals surface area contributed by atoms with E-state index in [9.17, 15) is 9.59 Å². The van der Waals surface area contributed by atoms with Crippen LogP contribution in [0.5, 0.6) is 0 Å². The van der Waals surface area contributed by atoms with Gasteiger partial charge in [0.25, 0.3) is 0 Å². The molecule has 3 rings (SSSR count). The topological polar surface area (TPSA) is 106 Å². The van der Waals surface area contributed by atoms with Crippen molar-refractivity contribution in [2.24, 2.45) is 0 Å². The number of aromatic carboxylic acids is 1. The van der Waals surface area contributed by atoms with Gasteiger partial charge in [0.15, 0.2) is 0 Å². The summed E-state index contributed by atoms with van der Waals surface area (Å²) in [6.07, 6.45) is 0. The summed E-state index contributed by atoms with van der Waals surface area (Å²) >= 11 is 0. The summed E-state index contributed by atoms with van der Waals surface area (Å²) in [6, 6.07) is 6.25. The molecule has 0 unspecified atom stereocenters. The first kappa shape index (κ1) is 15.1. The number of hydrogen-bond acceptors (Lipinski definition) is 5. The quantitative estimate of drug-likeness (QED) is 0.554. The molecule has 0 aliphatic carbocycles. The molecule has 0 aliphatic rings. The average molecular weight is 308 g/mol. The van der Waals surface area contributed by atoms with Gasteiger partial charge in [-0.3, -0.25) is 4.79 Å². The first-order valence-corrected chi connectivity index (χ1v) is 6.88. The van der Waals surface area contributed by atoms with Crippen LogP contribution in [0.1, 0.15) is 29.8 Å². The first-order valence-electron chi connectivity index (χ1n) is 6.88. The Morgan fingerprint density at radius 3 is 2.61 bits per heavy atom. The highest BCUT2D eigenvalue weighted by molar-refractivity contribution is 6.15. The first-order chi connectivity index (χ1) is 10.7. The number of hydrogen-bond donors (Lipinski definition) is 2. The number of nitrogens with zero attached hydrogens (tertiary/aromatic N) is 1. The van der Waals surface area contributed by atoms with Crippen LogP contribution in [-0.2, 0) is 5.31 Å². The van der Waals surface area contributed by atoms with Crippen LogP contribution in [0.4, 0.5) is 5.82 Å². The lowest BCUT2D eigenvalue weighted by Gasteiger charge is -2.19. The van der Waals surface area contributed by atoms with Gasteiger partial charge in [-0.15, -0.1) is 0 Å². The fraction of sp³-hybridized carbons (Fsp3) is 0.188. The molecule has 0 amide bonds. The number of carboxylic acids is 1. The fourth-order valence-electron chi connectivity index (χ4n) is 2.37. The van der Waals surface area contributed by atoms with E-state index in [-0.39, 0.29) is 27.9 Å². The predicted molar refractivity (Wildman–Crippen MR) is 87.9 cm³/mol. The SMILES string of the molecule is [B]C(C)(C)c1ccc2oc3nc(N)c(C(=O)O)cc3c(=O)c2c1. The van der Waals surface area contributed by atoms with Crippen LogP contribution in [-0.4, -0.2) is 23.9 Å². The van der Waals surface area contributed by atoms with E-state index >= 15 is 0 Å². The van der Waals surface area contributed by atoms with Gasteiger partial charge in [0, 0.05) is 0 Å². The smallest absolute Gasteiger partial charge is 0.339 e. The number of pyridine rings is 1. The highest BCUT2D eigenvalue weighted by Crippen LogP contribution is 2.25. The molecule has 114 valence electrons. The van der Waals surface area contributed by atoms with E-state index in [4.69, 9.17) is 23.1 Å². The minimum atomic E-state index is -1.26. The van der Waals surface area contributed by atoms with Crippen LogP contribution >= 0.6 is 0 Å². The van der Waals surface area contributed by atoms with Crippen LogP contribution in [0.25, 0.3) is 22.1 Å². The van der Waals surface area contributed by atoms with Crippen LogP contribution in [0.3, 0.4) is 0 Å². The highest BCUT2D eigenvalue weighted by Gasteiger charge is 2.18. The molecule has 7 heteroatoms. The van der Waals surface area contributed by atoms with E-state index in [0.29, 0.717) is 11.0 Å². The van der Waals surface area contributed by atoms with Crippen molar-refractivity contribution in [1.82, 2.24) is 4.98 Å². The Labute approximate surface area is 132 Å². The lowest BCUT2D eigenvalue weighted by molar-refractivity contribution is 0.0698. The summed E-state index contributed by atoms with van der Waals surface area (Å²) in [6.45, 7) is 3.64. The van der Waals surface area contributed by atoms with Crippen molar-refractivity contribution in [3.63, 3.8) is 0 Å². The maximum Gasteiger partial charge on any atom is 0.339 e. The molecule has 6 nitrogen and oxygen atoms in total. The normalized spacial score (nSPS) is 11.9. The third-order valence-corrected chi connectivity index (χ3v) is 3.67. The molecule has 2 heterocycles. The van der Waals surface area contributed by atoms with Gasteiger partial charge < -0.3 is 15.3 Å². The highest BCUT2D eigenvalue weighted by atomic mass is 16.4. The summed E-state index contributed by atoms with van der Waals surface area (Å²) in [7, 11) is 6.05. The minimum absolute atomic E-state index is 0.00441. The molecule has 0 fully saturated rings. The van der Waals surface area contributed by atoms with Crippen LogP contribution < -0.4 is 11.2 Å². The van der Waals surface area contributed by atoms with Crippen molar-refractivity contribution in [2.45, 2.75) is 19.2 Å². The lowest BCUT2D eigenvalue weighted by Crippen LogP contribution is -2.17. The van der Waals surface area contributed by atoms with Crippen molar-refractivity contribution in [3.05, 3.63) is 45.6 Å². The maximum atomic E-state index is 12.7. The lowest BCUT2D eigenvalue weighted by atomic mass is 9.67. The van der Waals surface area contributed by atoms with Gasteiger partial charge in [-0.2, -0.15) is 4.98 Å². The Kier molecular flexibility index (Phi) is 3.17. The average Bonchev–Trinajstić information content (AvgIpc) is 2.45. The third kappa shape index (κ3) is 2.44. The molecule has 2 radical (unpaired) electrons. The van der Waals surface area contributed by atoms with Gasteiger partial charge >= 0.3 is 5.97 Å². The number of carboxylic acid groups (broad SMARTS) is 1. The Hall–Kier alpha value is -2.83. The molecule has 0 aliphatic heterocycles. The summed E-state index contributed by atoms with van der Waals surface area (Å²) < 4.78 is 5.59. The van der Waals surface area contributed by atoms with Gasteiger partial charge in [0.1, 0.15) is 17.0 Å². The molecule has 0 saturated heterocycles. The molecule has 0 saturated carbocycles. The van der Waals surface area contributed by atoms with Crippen LogP contribution in [0, 0.1) is 0 Å². The van der Waals surface area contributed by atoms with Crippen LogP contribution in [0.2, 0.25) is 0 Å². The minimum Gasteiger partial charge on any atom is -0.478 e. The molecule has 23 heavy (non-hydrogen) atoms. The standard InChI is InChI=1S/C16H13BN2O4/c1-16(2,17)7-3-4-11-8(5-7)12(20)9-6-10(15(21)22)13(18)19-14(9)23-11/h3-6H,1-2H3,(H2,18,19)(H,21,22). The van der Waals surface area contributed by atoms with Gasteiger partial charge in [0.05, 0.1) is 18.6 Å². The molecular weight excluding hydrogens is 295 g/mol. The van der Waals surface area contributed by atoms with Gasteiger partial charge in [-0.1, -0.05) is 25.5 Å². The zero-order chi connectivity index (χ0) is 16.9. The van der Waals surface area contributed by atoms with Crippen molar-refractivity contribution in [1.29, 1.82) is 0 Å². The third-order valence-electron chi connectivity index (χ3n) is 3.67. The molecular formula is C16H13BN2O4. The van der Waals surface area contributed by atoms with E-state index in [1.165, 1.54) is 6.07 Å². The predicted octanol–water partition coefficient (Wildman–Crippen LogP) is 2.03. The Morgan fingerprint density at radius 1 is 1.30 bits per heavy atom. The van der Waals surface area contributed by atoms with E-state index in [1.807, 2.05) is 13.8 Å². The number of rotatable bonds is 2. The van der Waals surface area contributed by atoms with Crippen molar-refractivity contribution in [2.75, 3.05) is 5.73 Å². The van der Waals surface area contributed by atoms with E-state index in [0.717, 1.165) is 5.56 Å². The van der Waals surface area contributed by atoms with Crippen LogP contribution in [0.15, 0.2) is 33.5 Å². The number of benzene rings is 1. The molecule has 3 aromatic rings. The summed E-state index contributed by atoms with van der Waals surface area (Å²) in [4.78, 5) is 27.7. The number of nitrogens with two attached hydrogens (primary N) is 1. The molecule has 1 aromatic carbocycles. The number of anilines is 1. The summed E-state index contributed by atoms with van der Waals surface area (Å²) in [5, 5.41) is 8.87. The van der Waals surface area contributed by atoms with E-state index in [2.05, 4.69) is 4.98 Å². The van der Waals surface area contributed by atoms with E-state index < -0.39 is 11.3 Å². The number of aromatic nitrogens is 1. The fourth-order valence-corrected chi connectivity index (χ4v) is 2.37. The largest absolute Gasteiger partial charge is 0.478 e. The Balaban J connectivity index is 2.42. The summed E-state index contributed by atoms with van der Waals surface area (Å²) in [5.41, 5.74) is 6.09. The van der Waals surface area contributed by atoms with Crippen molar-refractivity contribution < 1.29 is 14.3 Å². The second-order valence-corrected chi connectivity index (χ2v) is 5.94. The zero-order valence-corrected chi connectivity index (χ0v) is 12.6. The van der Waals surface area contributed by atoms with Crippen molar-refractivity contribution >= 4 is 41.7 Å². The van der Waals surface area contributed by atoms with Gasteiger partial charge in [-0.25, -0.2) is 4.79 Å². The Bertz CT molecular complexity index is 1020. The number of carbonyl (C=O) groups is 1. The maximum absolute atomic E-state index is 12.7. The molecule has 0 bridgehead atoms. The molecule has 3 N–H and O–H groups in total.